The largest absolute Gasteiger partial charge is 0.454 e. The summed E-state index contributed by atoms with van der Waals surface area (Å²) in [5.74, 6) is 0.724. The Bertz CT molecular complexity index is 1650. The van der Waals surface area contributed by atoms with Gasteiger partial charge in [-0.15, -0.1) is 0 Å². The van der Waals surface area contributed by atoms with Crippen LogP contribution in [-0.2, 0) is 23.0 Å². The molecule has 7 nitrogen and oxygen atoms in total. The van der Waals surface area contributed by atoms with Crippen LogP contribution in [0.25, 0.3) is 21.9 Å². The normalized spacial score (nSPS) is 14.5. The van der Waals surface area contributed by atoms with Gasteiger partial charge in [-0.3, -0.25) is 4.79 Å². The number of rotatable bonds is 5. The molecule has 0 bridgehead atoms. The Hall–Kier alpha value is -3.95. The summed E-state index contributed by atoms with van der Waals surface area (Å²) in [5, 5.41) is 7.06. The first-order valence-electron chi connectivity index (χ1n) is 11.3. The van der Waals surface area contributed by atoms with Gasteiger partial charge in [-0.1, -0.05) is 30.3 Å². The number of ether oxygens (including phenoxy) is 2. The van der Waals surface area contributed by atoms with Gasteiger partial charge < -0.3 is 14.4 Å². The standard InChI is InChI=1S/C27H21FN2O5S/c28-19-7-5-17(6-8-19)26-20-13-24-23(34-15-35-24)12-18(20)11-21-22(26)14-30(27(21)31)10-9-16-3-1-2-4-25(16)36(29,32)33/h1-8,11-13H,9-10,14-15H2,(H2,29,32,33). The molecule has 6 rings (SSSR count). The number of primary sulfonamides is 1. The van der Waals surface area contributed by atoms with Crippen molar-refractivity contribution < 1.29 is 27.1 Å². The van der Waals surface area contributed by atoms with Gasteiger partial charge in [0, 0.05) is 18.7 Å². The molecule has 2 aliphatic heterocycles. The van der Waals surface area contributed by atoms with Crippen molar-refractivity contribution in [3.05, 3.63) is 89.2 Å². The van der Waals surface area contributed by atoms with E-state index in [1.54, 1.807) is 35.2 Å². The molecule has 1 amide bonds. The van der Waals surface area contributed by atoms with Crippen molar-refractivity contribution in [1.29, 1.82) is 0 Å². The quantitative estimate of drug-likeness (QED) is 0.439. The first kappa shape index (κ1) is 22.5. The van der Waals surface area contributed by atoms with Crippen LogP contribution in [0.1, 0.15) is 21.5 Å². The van der Waals surface area contributed by atoms with E-state index in [4.69, 9.17) is 14.6 Å². The Morgan fingerprint density at radius 1 is 0.972 bits per heavy atom. The van der Waals surface area contributed by atoms with Crippen LogP contribution < -0.4 is 14.6 Å². The number of fused-ring (bicyclic) bond motifs is 3. The van der Waals surface area contributed by atoms with Crippen LogP contribution in [0.15, 0.2) is 71.6 Å². The van der Waals surface area contributed by atoms with Crippen LogP contribution in [0.5, 0.6) is 11.5 Å². The monoisotopic (exact) mass is 504 g/mol. The Labute approximate surface area is 206 Å². The van der Waals surface area contributed by atoms with Gasteiger partial charge in [0.15, 0.2) is 11.5 Å². The van der Waals surface area contributed by atoms with E-state index in [1.165, 1.54) is 18.2 Å². The average molecular weight is 505 g/mol. The number of hydrogen-bond donors (Lipinski definition) is 1. The molecule has 0 atom stereocenters. The van der Waals surface area contributed by atoms with Crippen LogP contribution >= 0.6 is 0 Å². The minimum absolute atomic E-state index is 0.0569. The van der Waals surface area contributed by atoms with Crippen molar-refractivity contribution >= 4 is 26.7 Å². The van der Waals surface area contributed by atoms with E-state index in [2.05, 4.69) is 0 Å². The summed E-state index contributed by atoms with van der Waals surface area (Å²) in [7, 11) is -3.88. The highest BCUT2D eigenvalue weighted by molar-refractivity contribution is 7.89. The smallest absolute Gasteiger partial charge is 0.254 e. The molecule has 4 aromatic carbocycles. The lowest BCUT2D eigenvalue weighted by Gasteiger charge is -2.17. The average Bonchev–Trinajstić information content (AvgIpc) is 3.44. The fraction of sp³-hybridized carbons (Fsp3) is 0.148. The van der Waals surface area contributed by atoms with E-state index >= 15 is 0 Å². The van der Waals surface area contributed by atoms with E-state index in [9.17, 15) is 17.6 Å². The van der Waals surface area contributed by atoms with Gasteiger partial charge in [0.05, 0.1) is 4.90 Å². The van der Waals surface area contributed by atoms with Crippen molar-refractivity contribution in [2.75, 3.05) is 13.3 Å². The molecule has 0 saturated carbocycles. The number of carbonyl (C=O) groups excluding carboxylic acids is 1. The summed E-state index contributed by atoms with van der Waals surface area (Å²) in [6, 6.07) is 18.3. The summed E-state index contributed by atoms with van der Waals surface area (Å²) >= 11 is 0. The van der Waals surface area contributed by atoms with E-state index in [-0.39, 0.29) is 23.4 Å². The highest BCUT2D eigenvalue weighted by Crippen LogP contribution is 2.44. The molecule has 0 aromatic heterocycles. The van der Waals surface area contributed by atoms with Crippen LogP contribution in [-0.4, -0.2) is 32.6 Å². The summed E-state index contributed by atoms with van der Waals surface area (Å²) < 4.78 is 48.8. The Morgan fingerprint density at radius 2 is 1.69 bits per heavy atom. The molecule has 0 unspecified atom stereocenters. The molecule has 0 fully saturated rings. The lowest BCUT2D eigenvalue weighted by molar-refractivity contribution is 0.0780. The summed E-state index contributed by atoms with van der Waals surface area (Å²) in [4.78, 5) is 15.2. The first-order chi connectivity index (χ1) is 17.3. The molecule has 2 aliphatic rings. The maximum absolute atomic E-state index is 13.7. The molecule has 0 aliphatic carbocycles. The lowest BCUT2D eigenvalue weighted by Crippen LogP contribution is -2.27. The Morgan fingerprint density at radius 3 is 2.44 bits per heavy atom. The van der Waals surface area contributed by atoms with Crippen LogP contribution in [0, 0.1) is 5.82 Å². The molecular weight excluding hydrogens is 483 g/mol. The fourth-order valence-corrected chi connectivity index (χ4v) is 5.80. The van der Waals surface area contributed by atoms with Crippen LogP contribution in [0.4, 0.5) is 4.39 Å². The van der Waals surface area contributed by atoms with Gasteiger partial charge in [0.25, 0.3) is 5.91 Å². The highest BCUT2D eigenvalue weighted by Gasteiger charge is 2.32. The first-order valence-corrected chi connectivity index (χ1v) is 12.9. The van der Waals surface area contributed by atoms with Gasteiger partial charge in [0.2, 0.25) is 16.8 Å². The van der Waals surface area contributed by atoms with Gasteiger partial charge in [-0.25, -0.2) is 17.9 Å². The Balaban J connectivity index is 1.42. The molecule has 182 valence electrons. The number of sulfonamides is 1. The molecular formula is C27H21FN2O5S. The van der Waals surface area contributed by atoms with Gasteiger partial charge >= 0.3 is 0 Å². The summed E-state index contributed by atoms with van der Waals surface area (Å²) in [6.07, 6.45) is 0.327. The molecule has 4 aromatic rings. The number of carbonyl (C=O) groups is 1. The topological polar surface area (TPSA) is 98.9 Å². The second-order valence-corrected chi connectivity index (χ2v) is 10.4. The highest BCUT2D eigenvalue weighted by atomic mass is 32.2. The van der Waals surface area contributed by atoms with E-state index in [0.29, 0.717) is 42.1 Å². The van der Waals surface area contributed by atoms with Crippen molar-refractivity contribution in [2.24, 2.45) is 5.14 Å². The third kappa shape index (κ3) is 3.77. The molecule has 36 heavy (non-hydrogen) atoms. The van der Waals surface area contributed by atoms with Crippen molar-refractivity contribution in [3.63, 3.8) is 0 Å². The fourth-order valence-electron chi connectivity index (χ4n) is 4.99. The number of benzene rings is 4. The van der Waals surface area contributed by atoms with Crippen molar-refractivity contribution in [2.45, 2.75) is 17.9 Å². The second kappa shape index (κ2) is 8.32. The zero-order valence-electron chi connectivity index (χ0n) is 19.0. The maximum atomic E-state index is 13.7. The third-order valence-electron chi connectivity index (χ3n) is 6.67. The van der Waals surface area contributed by atoms with E-state index < -0.39 is 10.0 Å². The molecule has 0 radical (unpaired) electrons. The zero-order chi connectivity index (χ0) is 25.0. The maximum Gasteiger partial charge on any atom is 0.254 e. The molecule has 9 heteroatoms. The van der Waals surface area contributed by atoms with Crippen LogP contribution in [0.3, 0.4) is 0 Å². The van der Waals surface area contributed by atoms with E-state index in [0.717, 1.165) is 27.5 Å². The molecule has 0 spiro atoms. The number of nitrogens with two attached hydrogens (primary N) is 1. The van der Waals surface area contributed by atoms with Crippen molar-refractivity contribution in [1.82, 2.24) is 4.90 Å². The number of nitrogens with zero attached hydrogens (tertiary/aromatic N) is 1. The van der Waals surface area contributed by atoms with Crippen LogP contribution in [0.2, 0.25) is 0 Å². The minimum atomic E-state index is -3.88. The minimum Gasteiger partial charge on any atom is -0.454 e. The third-order valence-corrected chi connectivity index (χ3v) is 7.68. The number of amides is 1. The van der Waals surface area contributed by atoms with Crippen molar-refractivity contribution in [3.8, 4) is 22.6 Å². The SMILES string of the molecule is NS(=O)(=O)c1ccccc1CCN1Cc2c(cc3cc4c(cc3c2-c2ccc(F)cc2)OCO4)C1=O. The Kier molecular flexibility index (Phi) is 5.20. The summed E-state index contributed by atoms with van der Waals surface area (Å²) in [6.45, 7) is 0.773. The predicted octanol–water partition coefficient (Wildman–Crippen LogP) is 4.22. The van der Waals surface area contributed by atoms with Gasteiger partial charge in [-0.05, 0) is 75.8 Å². The van der Waals surface area contributed by atoms with Gasteiger partial charge in [0.1, 0.15) is 5.82 Å². The van der Waals surface area contributed by atoms with E-state index in [1.807, 2.05) is 18.2 Å². The second-order valence-electron chi connectivity index (χ2n) is 8.84. The van der Waals surface area contributed by atoms with Gasteiger partial charge in [-0.2, -0.15) is 0 Å². The number of hydrogen-bond acceptors (Lipinski definition) is 5. The molecule has 2 heterocycles. The zero-order valence-corrected chi connectivity index (χ0v) is 19.8. The predicted molar refractivity (Wildman–Crippen MR) is 132 cm³/mol. The molecule has 0 saturated heterocycles. The molecule has 2 N–H and O–H groups in total. The summed E-state index contributed by atoms with van der Waals surface area (Å²) in [5.41, 5.74) is 3.56. The number of halogens is 1. The lowest BCUT2D eigenvalue weighted by atomic mass is 9.90.